The van der Waals surface area contributed by atoms with Crippen LogP contribution < -0.4 is 25.2 Å². The van der Waals surface area contributed by atoms with Crippen LogP contribution in [0, 0.1) is 0 Å². The summed E-state index contributed by atoms with van der Waals surface area (Å²) in [7, 11) is 4.31. The van der Waals surface area contributed by atoms with Gasteiger partial charge in [0.2, 0.25) is 5.75 Å². The average Bonchev–Trinajstić information content (AvgIpc) is 2.76. The highest BCUT2D eigenvalue weighted by Crippen LogP contribution is 2.38. The summed E-state index contributed by atoms with van der Waals surface area (Å²) in [6.45, 7) is 1.26. The summed E-state index contributed by atoms with van der Waals surface area (Å²) in [6, 6.07) is 9.83. The number of rotatable bonds is 6. The molecule has 10 heteroatoms. The third kappa shape index (κ3) is 4.53. The molecule has 0 aliphatic carbocycles. The molecule has 0 atom stereocenters. The number of ether oxygens (including phenoxy) is 3. The predicted octanol–water partition coefficient (Wildman–Crippen LogP) is 1.64. The van der Waals surface area contributed by atoms with E-state index < -0.39 is 11.9 Å². The number of nitrogens with zero attached hydrogens (tertiary/aromatic N) is 3. The van der Waals surface area contributed by atoms with E-state index in [1.54, 1.807) is 36.4 Å². The van der Waals surface area contributed by atoms with Crippen molar-refractivity contribution in [3.05, 3.63) is 58.0 Å². The summed E-state index contributed by atoms with van der Waals surface area (Å²) in [4.78, 5) is 36.1. The molecular formula is C21H20N4O6. The quantitative estimate of drug-likeness (QED) is 0.276. The number of hydrogen-bond acceptors (Lipinski definition) is 8. The van der Waals surface area contributed by atoms with E-state index in [-0.39, 0.29) is 28.5 Å². The van der Waals surface area contributed by atoms with E-state index in [0.717, 1.165) is 4.68 Å². The van der Waals surface area contributed by atoms with E-state index in [1.807, 2.05) is 0 Å². The minimum atomic E-state index is -0.585. The smallest absolute Gasteiger partial charge is 0.308 e. The van der Waals surface area contributed by atoms with Crippen molar-refractivity contribution in [3.63, 3.8) is 0 Å². The SMILES string of the molecule is COc1cc(/C=N/NC(=O)c2nn(C)c(=O)c3ccccc23)cc(OC)c1OC(C)=O. The minimum absolute atomic E-state index is 0.0650. The first-order valence-electron chi connectivity index (χ1n) is 9.09. The Bertz CT molecular complexity index is 1220. The number of fused-ring (bicyclic) bond motifs is 1. The number of hydrogen-bond donors (Lipinski definition) is 1. The number of hydrazone groups is 1. The van der Waals surface area contributed by atoms with Gasteiger partial charge in [-0.25, -0.2) is 10.1 Å². The van der Waals surface area contributed by atoms with E-state index in [0.29, 0.717) is 16.3 Å². The molecule has 0 saturated heterocycles. The van der Waals surface area contributed by atoms with Gasteiger partial charge in [-0.3, -0.25) is 14.4 Å². The molecule has 0 unspecified atom stereocenters. The largest absolute Gasteiger partial charge is 0.493 e. The van der Waals surface area contributed by atoms with Crippen molar-refractivity contribution in [2.45, 2.75) is 6.92 Å². The second-order valence-corrected chi connectivity index (χ2v) is 6.37. The number of aryl methyl sites for hydroxylation is 1. The first-order valence-corrected chi connectivity index (χ1v) is 9.09. The third-order valence-electron chi connectivity index (χ3n) is 4.28. The Morgan fingerprint density at radius 3 is 2.29 bits per heavy atom. The summed E-state index contributed by atoms with van der Waals surface area (Å²) in [6.07, 6.45) is 1.37. The zero-order chi connectivity index (χ0) is 22.5. The Morgan fingerprint density at radius 2 is 1.71 bits per heavy atom. The summed E-state index contributed by atoms with van der Waals surface area (Å²) in [5, 5.41) is 8.80. The molecule has 31 heavy (non-hydrogen) atoms. The summed E-state index contributed by atoms with van der Waals surface area (Å²) < 4.78 is 16.7. The molecule has 1 heterocycles. The molecule has 2 aromatic carbocycles. The van der Waals surface area contributed by atoms with Crippen molar-refractivity contribution in [2.75, 3.05) is 14.2 Å². The van der Waals surface area contributed by atoms with Crippen LogP contribution in [0.5, 0.6) is 17.2 Å². The molecule has 1 N–H and O–H groups in total. The molecule has 1 amide bonds. The lowest BCUT2D eigenvalue weighted by Gasteiger charge is -2.13. The lowest BCUT2D eigenvalue weighted by molar-refractivity contribution is -0.132. The van der Waals surface area contributed by atoms with Crippen molar-refractivity contribution in [1.82, 2.24) is 15.2 Å². The number of esters is 1. The van der Waals surface area contributed by atoms with E-state index in [4.69, 9.17) is 14.2 Å². The Balaban J connectivity index is 1.88. The van der Waals surface area contributed by atoms with Gasteiger partial charge in [0.1, 0.15) is 0 Å². The molecule has 0 spiro atoms. The van der Waals surface area contributed by atoms with Crippen LogP contribution in [-0.4, -0.2) is 42.1 Å². The van der Waals surface area contributed by atoms with Gasteiger partial charge in [0.25, 0.3) is 11.5 Å². The Labute approximate surface area is 177 Å². The fourth-order valence-electron chi connectivity index (χ4n) is 2.90. The number of methoxy groups -OCH3 is 2. The number of benzene rings is 2. The normalized spacial score (nSPS) is 10.8. The topological polar surface area (TPSA) is 121 Å². The number of carbonyl (C=O) groups excluding carboxylic acids is 2. The zero-order valence-corrected chi connectivity index (χ0v) is 17.3. The van der Waals surface area contributed by atoms with Crippen LogP contribution in [0.1, 0.15) is 23.0 Å². The van der Waals surface area contributed by atoms with Crippen LogP contribution in [0.4, 0.5) is 0 Å². The van der Waals surface area contributed by atoms with Crippen molar-refractivity contribution in [3.8, 4) is 17.2 Å². The summed E-state index contributed by atoms with van der Waals surface area (Å²) >= 11 is 0. The van der Waals surface area contributed by atoms with Crippen LogP contribution in [0.3, 0.4) is 0 Å². The second kappa shape index (κ2) is 9.08. The van der Waals surface area contributed by atoms with Crippen LogP contribution in [0.15, 0.2) is 46.3 Å². The highest BCUT2D eigenvalue weighted by atomic mass is 16.6. The minimum Gasteiger partial charge on any atom is -0.493 e. The first-order chi connectivity index (χ1) is 14.8. The van der Waals surface area contributed by atoms with Crippen LogP contribution in [-0.2, 0) is 11.8 Å². The maximum absolute atomic E-state index is 12.6. The number of amides is 1. The number of aromatic nitrogens is 2. The van der Waals surface area contributed by atoms with Gasteiger partial charge >= 0.3 is 5.97 Å². The zero-order valence-electron chi connectivity index (χ0n) is 17.3. The molecule has 3 aromatic rings. The molecule has 1 aromatic heterocycles. The predicted molar refractivity (Wildman–Crippen MR) is 113 cm³/mol. The fraction of sp³-hybridized carbons (Fsp3) is 0.190. The van der Waals surface area contributed by atoms with Gasteiger partial charge in [-0.1, -0.05) is 18.2 Å². The average molecular weight is 424 g/mol. The molecule has 0 bridgehead atoms. The maximum Gasteiger partial charge on any atom is 0.308 e. The molecule has 3 rings (SSSR count). The highest BCUT2D eigenvalue weighted by molar-refractivity contribution is 6.05. The molecule has 160 valence electrons. The molecule has 0 radical (unpaired) electrons. The van der Waals surface area contributed by atoms with E-state index in [1.165, 1.54) is 34.4 Å². The van der Waals surface area contributed by atoms with Gasteiger partial charge < -0.3 is 14.2 Å². The lowest BCUT2D eigenvalue weighted by atomic mass is 10.1. The highest BCUT2D eigenvalue weighted by Gasteiger charge is 2.17. The molecule has 10 nitrogen and oxygen atoms in total. The Morgan fingerprint density at radius 1 is 1.10 bits per heavy atom. The summed E-state index contributed by atoms with van der Waals surface area (Å²) in [5.74, 6) is -0.457. The van der Waals surface area contributed by atoms with Gasteiger partial charge in [0.15, 0.2) is 17.2 Å². The van der Waals surface area contributed by atoms with Gasteiger partial charge in [0, 0.05) is 24.9 Å². The molecule has 0 aliphatic heterocycles. The van der Waals surface area contributed by atoms with Crippen LogP contribution in [0.25, 0.3) is 10.8 Å². The summed E-state index contributed by atoms with van der Waals surface area (Å²) in [5.41, 5.74) is 2.67. The van der Waals surface area contributed by atoms with Gasteiger partial charge in [-0.2, -0.15) is 10.2 Å². The Kier molecular flexibility index (Phi) is 6.29. The monoisotopic (exact) mass is 424 g/mol. The van der Waals surface area contributed by atoms with E-state index >= 15 is 0 Å². The fourth-order valence-corrected chi connectivity index (χ4v) is 2.90. The van der Waals surface area contributed by atoms with E-state index in [2.05, 4.69) is 15.6 Å². The Hall–Kier alpha value is -4.21. The number of carbonyl (C=O) groups is 2. The third-order valence-corrected chi connectivity index (χ3v) is 4.28. The van der Waals surface area contributed by atoms with Crippen molar-refractivity contribution < 1.29 is 23.8 Å². The van der Waals surface area contributed by atoms with Crippen molar-refractivity contribution in [1.29, 1.82) is 0 Å². The van der Waals surface area contributed by atoms with Crippen LogP contribution >= 0.6 is 0 Å². The van der Waals surface area contributed by atoms with Crippen LogP contribution in [0.2, 0.25) is 0 Å². The van der Waals surface area contributed by atoms with Crippen molar-refractivity contribution >= 4 is 28.9 Å². The molecule has 0 aliphatic rings. The molecule has 0 saturated carbocycles. The standard InChI is InChI=1S/C21H20N4O6/c1-12(26)31-19-16(29-3)9-13(10-17(19)30-4)11-22-23-20(27)18-14-7-5-6-8-15(14)21(28)25(2)24-18/h5-11H,1-4H3,(H,23,27)/b22-11+. The maximum atomic E-state index is 12.6. The van der Waals surface area contributed by atoms with Gasteiger partial charge in [-0.05, 0) is 18.2 Å². The molecular weight excluding hydrogens is 404 g/mol. The lowest BCUT2D eigenvalue weighted by Crippen LogP contribution is -2.27. The van der Waals surface area contributed by atoms with Gasteiger partial charge in [-0.15, -0.1) is 0 Å². The van der Waals surface area contributed by atoms with Gasteiger partial charge in [0.05, 0.1) is 25.8 Å². The van der Waals surface area contributed by atoms with E-state index in [9.17, 15) is 14.4 Å². The van der Waals surface area contributed by atoms with Crippen molar-refractivity contribution in [2.24, 2.45) is 12.1 Å². The number of nitrogens with one attached hydrogen (secondary N) is 1. The molecule has 0 fully saturated rings. The first kappa shape index (κ1) is 21.5. The second-order valence-electron chi connectivity index (χ2n) is 6.37.